The topological polar surface area (TPSA) is 107 Å². The molecule has 0 radical (unpaired) electrons. The second kappa shape index (κ2) is 15.0. The predicted molar refractivity (Wildman–Crippen MR) is 204 cm³/mol. The molecule has 1 amide bonds. The van der Waals surface area contributed by atoms with Gasteiger partial charge in [0.25, 0.3) is 0 Å². The smallest absolute Gasteiger partial charge is 0.407 e. The molecule has 270 valence electrons. The van der Waals surface area contributed by atoms with Crippen molar-refractivity contribution in [2.75, 3.05) is 44.2 Å². The fraction of sp³-hybridized carbons (Fsp3) is 0.415. The van der Waals surface area contributed by atoms with Gasteiger partial charge in [-0.2, -0.15) is 0 Å². The van der Waals surface area contributed by atoms with Crippen LogP contribution in [0.2, 0.25) is 5.02 Å². The van der Waals surface area contributed by atoms with Gasteiger partial charge in [0, 0.05) is 73.1 Å². The summed E-state index contributed by atoms with van der Waals surface area (Å²) in [5, 5.41) is 14.5. The Morgan fingerprint density at radius 2 is 1.75 bits per heavy atom. The molecule has 3 N–H and O–H groups in total. The van der Waals surface area contributed by atoms with E-state index in [0.29, 0.717) is 24.5 Å². The van der Waals surface area contributed by atoms with Crippen molar-refractivity contribution < 1.29 is 24.2 Å². The molecule has 0 unspecified atom stereocenters. The number of carbonyl (C=O) groups excluding carboxylic acids is 1. The monoisotopic (exact) mass is 712 g/mol. The molecule has 6 rings (SSSR count). The summed E-state index contributed by atoms with van der Waals surface area (Å²) in [4.78, 5) is 32.5. The largest absolute Gasteiger partial charge is 0.478 e. The highest BCUT2D eigenvalue weighted by Crippen LogP contribution is 2.43. The minimum atomic E-state index is -1.04. The number of nitrogens with zero attached hydrogens (tertiary/aromatic N) is 2. The van der Waals surface area contributed by atoms with E-state index in [1.54, 1.807) is 6.07 Å². The number of carboxylic acid groups (broad SMARTS) is 1. The summed E-state index contributed by atoms with van der Waals surface area (Å²) in [5.41, 5.74) is 6.93. The van der Waals surface area contributed by atoms with Crippen LogP contribution in [0.5, 0.6) is 11.5 Å². The molecular formula is C41H49ClN4O5. The van der Waals surface area contributed by atoms with Crippen LogP contribution in [0.15, 0.2) is 72.4 Å². The lowest BCUT2D eigenvalue weighted by molar-refractivity contribution is 0.0527. The number of nitrogens with one attached hydrogen (secondary N) is 2. The molecule has 3 aromatic carbocycles. The van der Waals surface area contributed by atoms with Gasteiger partial charge in [-0.25, -0.2) is 9.59 Å². The van der Waals surface area contributed by atoms with Gasteiger partial charge in [0.2, 0.25) is 0 Å². The third kappa shape index (κ3) is 9.26. The maximum absolute atomic E-state index is 12.2. The number of H-pyrrole nitrogens is 1. The van der Waals surface area contributed by atoms with Crippen molar-refractivity contribution in [3.05, 3.63) is 94.1 Å². The Labute approximate surface area is 305 Å². The van der Waals surface area contributed by atoms with Crippen molar-refractivity contribution in [3.63, 3.8) is 0 Å². The van der Waals surface area contributed by atoms with Crippen LogP contribution in [-0.2, 0) is 11.2 Å². The number of hydrogen-bond acceptors (Lipinski definition) is 6. The molecule has 0 saturated carbocycles. The molecule has 0 atom stereocenters. The number of fused-ring (bicyclic) bond motifs is 1. The molecule has 2 aliphatic rings. The van der Waals surface area contributed by atoms with Crippen LogP contribution in [0.4, 0.5) is 10.5 Å². The van der Waals surface area contributed by atoms with Gasteiger partial charge in [0.05, 0.1) is 0 Å². The molecular weight excluding hydrogens is 664 g/mol. The average Bonchev–Trinajstić information content (AvgIpc) is 3.47. The number of amides is 1. The summed E-state index contributed by atoms with van der Waals surface area (Å²) in [7, 11) is 0. The minimum Gasteiger partial charge on any atom is -0.478 e. The summed E-state index contributed by atoms with van der Waals surface area (Å²) >= 11 is 6.22. The van der Waals surface area contributed by atoms with E-state index >= 15 is 0 Å². The summed E-state index contributed by atoms with van der Waals surface area (Å²) in [6, 6.07) is 19.3. The average molecular weight is 713 g/mol. The number of ether oxygens (including phenoxy) is 2. The van der Waals surface area contributed by atoms with Crippen molar-refractivity contribution in [3.8, 4) is 11.5 Å². The first kappa shape index (κ1) is 36.3. The molecule has 2 heterocycles. The first-order valence-corrected chi connectivity index (χ1v) is 18.2. The zero-order chi connectivity index (χ0) is 36.3. The second-order valence-corrected chi connectivity index (χ2v) is 15.9. The Morgan fingerprint density at radius 3 is 2.45 bits per heavy atom. The first-order chi connectivity index (χ1) is 24.2. The summed E-state index contributed by atoms with van der Waals surface area (Å²) in [5.74, 6) is -0.209. The highest BCUT2D eigenvalue weighted by molar-refractivity contribution is 6.30. The molecule has 0 spiro atoms. The number of anilines is 1. The second-order valence-electron chi connectivity index (χ2n) is 15.5. The number of benzene rings is 3. The van der Waals surface area contributed by atoms with E-state index < -0.39 is 17.7 Å². The SMILES string of the molecule is CC1(C)CCC(CN2CCN(c3ccc(C(=O)O)c(Oc4ccc5[nH]cc(CCNC(=O)OC(C)(C)C)c5c4)c3)CC2)=C(c2ccc(Cl)cc2)C1. The van der Waals surface area contributed by atoms with E-state index in [1.807, 2.05) is 69.4 Å². The molecule has 1 aliphatic heterocycles. The van der Waals surface area contributed by atoms with Gasteiger partial charge < -0.3 is 29.8 Å². The molecule has 1 fully saturated rings. The number of aromatic carboxylic acids is 1. The molecule has 9 nitrogen and oxygen atoms in total. The molecule has 51 heavy (non-hydrogen) atoms. The van der Waals surface area contributed by atoms with Crippen LogP contribution >= 0.6 is 11.6 Å². The normalized spacial score (nSPS) is 16.7. The molecule has 4 aromatic rings. The van der Waals surface area contributed by atoms with Crippen LogP contribution in [0.1, 0.15) is 75.4 Å². The maximum Gasteiger partial charge on any atom is 0.407 e. The number of hydrogen-bond donors (Lipinski definition) is 3. The summed E-state index contributed by atoms with van der Waals surface area (Å²) in [6.45, 7) is 15.0. The zero-order valence-corrected chi connectivity index (χ0v) is 31.0. The number of aromatic amines is 1. The van der Waals surface area contributed by atoms with E-state index in [-0.39, 0.29) is 11.0 Å². The van der Waals surface area contributed by atoms with E-state index in [4.69, 9.17) is 21.1 Å². The number of carbonyl (C=O) groups is 2. The summed E-state index contributed by atoms with van der Waals surface area (Å²) < 4.78 is 11.6. The Kier molecular flexibility index (Phi) is 10.7. The Morgan fingerprint density at radius 1 is 1.00 bits per heavy atom. The molecule has 1 saturated heterocycles. The van der Waals surface area contributed by atoms with E-state index in [1.165, 1.54) is 23.1 Å². The van der Waals surface area contributed by atoms with Gasteiger partial charge in [-0.3, -0.25) is 4.90 Å². The lowest BCUT2D eigenvalue weighted by Gasteiger charge is -2.39. The molecule has 1 aromatic heterocycles. The van der Waals surface area contributed by atoms with Gasteiger partial charge in [0.1, 0.15) is 22.7 Å². The third-order valence-corrected chi connectivity index (χ3v) is 10.0. The third-order valence-electron chi connectivity index (χ3n) is 9.76. The highest BCUT2D eigenvalue weighted by Gasteiger charge is 2.29. The van der Waals surface area contributed by atoms with Gasteiger partial charge in [-0.15, -0.1) is 0 Å². The van der Waals surface area contributed by atoms with Crippen LogP contribution in [0.3, 0.4) is 0 Å². The fourth-order valence-electron chi connectivity index (χ4n) is 7.04. The molecule has 0 bridgehead atoms. The maximum atomic E-state index is 12.2. The predicted octanol–water partition coefficient (Wildman–Crippen LogP) is 9.16. The molecule has 10 heteroatoms. The Balaban J connectivity index is 1.13. The minimum absolute atomic E-state index is 0.107. The number of alkyl carbamates (subject to hydrolysis) is 1. The van der Waals surface area contributed by atoms with Crippen molar-refractivity contribution in [2.45, 2.75) is 65.9 Å². The van der Waals surface area contributed by atoms with E-state index in [9.17, 15) is 14.7 Å². The van der Waals surface area contributed by atoms with Gasteiger partial charge >= 0.3 is 12.1 Å². The first-order valence-electron chi connectivity index (χ1n) is 17.8. The van der Waals surface area contributed by atoms with Crippen LogP contribution < -0.4 is 15.0 Å². The van der Waals surface area contributed by atoms with Crippen LogP contribution in [0.25, 0.3) is 16.5 Å². The number of aromatic nitrogens is 1. The van der Waals surface area contributed by atoms with Crippen molar-refractivity contribution in [1.82, 2.24) is 15.2 Å². The zero-order valence-electron chi connectivity index (χ0n) is 30.3. The van der Waals surface area contributed by atoms with Gasteiger partial charge in [-0.05, 0) is 111 Å². The number of rotatable bonds is 10. The lowest BCUT2D eigenvalue weighted by atomic mass is 9.72. The van der Waals surface area contributed by atoms with Gasteiger partial charge in [-0.1, -0.05) is 43.2 Å². The van der Waals surface area contributed by atoms with Crippen molar-refractivity contribution in [1.29, 1.82) is 0 Å². The lowest BCUT2D eigenvalue weighted by Crippen LogP contribution is -2.47. The fourth-order valence-corrected chi connectivity index (χ4v) is 7.16. The molecule has 1 aliphatic carbocycles. The Hall–Kier alpha value is -4.47. The van der Waals surface area contributed by atoms with E-state index in [0.717, 1.165) is 72.7 Å². The number of carboxylic acids is 1. The summed E-state index contributed by atoms with van der Waals surface area (Å²) in [6.07, 6.45) is 5.39. The standard InChI is InChI=1S/C41H49ClN4O5/c1-40(2,3)51-39(49)43-17-15-28-25-44-36-13-11-32(23-34(28)36)50-37-22-31(10-12-33(37)38(47)48)46-20-18-45(19-21-46)26-29-14-16-41(4,5)24-35(29)27-6-8-30(42)9-7-27/h6-13,22-23,25,44H,14-21,24,26H2,1-5H3,(H,43,49)(H,47,48). The van der Waals surface area contributed by atoms with Crippen LogP contribution in [0, 0.1) is 5.41 Å². The Bertz CT molecular complexity index is 1920. The highest BCUT2D eigenvalue weighted by atomic mass is 35.5. The van der Waals surface area contributed by atoms with Gasteiger partial charge in [0.15, 0.2) is 0 Å². The quantitative estimate of drug-likeness (QED) is 0.151. The number of halogens is 1. The van der Waals surface area contributed by atoms with Crippen molar-refractivity contribution in [2.24, 2.45) is 5.41 Å². The van der Waals surface area contributed by atoms with Crippen LogP contribution in [-0.4, -0.2) is 71.9 Å². The number of allylic oxidation sites excluding steroid dienone is 1. The van der Waals surface area contributed by atoms with E-state index in [2.05, 4.69) is 46.1 Å². The number of piperazine rings is 1. The van der Waals surface area contributed by atoms with Crippen molar-refractivity contribution >= 4 is 45.8 Å².